The minimum atomic E-state index is -4.39. The largest absolute Gasteiger partial charge is 0.370 e. The van der Waals surface area contributed by atoms with Gasteiger partial charge in [-0.25, -0.2) is 4.98 Å². The molecule has 1 amide bonds. The van der Waals surface area contributed by atoms with Gasteiger partial charge < -0.3 is 9.92 Å². The van der Waals surface area contributed by atoms with Crippen LogP contribution in [0.5, 0.6) is 5.75 Å². The van der Waals surface area contributed by atoms with Gasteiger partial charge in [-0.1, -0.05) is 18.2 Å². The smallest absolute Gasteiger partial charge is 0.339 e. The third-order valence-electron chi connectivity index (χ3n) is 3.87. The molecule has 0 radical (unpaired) electrons. The highest BCUT2D eigenvalue weighted by Gasteiger charge is 2.29. The zero-order chi connectivity index (χ0) is 18.9. The average Bonchev–Trinajstić information content (AvgIpc) is 2.79. The van der Waals surface area contributed by atoms with Crippen LogP contribution in [0.4, 0.5) is 0 Å². The summed E-state index contributed by atoms with van der Waals surface area (Å²) in [7, 11) is -4.39. The summed E-state index contributed by atoms with van der Waals surface area (Å²) in [6, 6.07) is 7.12. The van der Waals surface area contributed by atoms with Crippen molar-refractivity contribution in [1.29, 1.82) is 0 Å². The first-order valence-corrected chi connectivity index (χ1v) is 9.19. The van der Waals surface area contributed by atoms with E-state index < -0.39 is 38.8 Å². The Kier molecular flexibility index (Phi) is 4.60. The highest BCUT2D eigenvalue weighted by atomic mass is 32.2. The Hall–Kier alpha value is -3.01. The molecular weight excluding hydrogens is 362 g/mol. The molecule has 2 heterocycles. The maximum atomic E-state index is 12.7. The maximum absolute atomic E-state index is 12.7. The van der Waals surface area contributed by atoms with Gasteiger partial charge in [-0.3, -0.25) is 19.0 Å². The fraction of sp³-hybridized carbons (Fsp3) is 0.250. The number of carbonyl (C=O) groups is 2. The number of rotatable bonds is 4. The molecule has 2 N–H and O–H groups in total. The number of aromatic nitrogens is 2. The van der Waals surface area contributed by atoms with Crippen molar-refractivity contribution in [2.75, 3.05) is 0 Å². The molecular formula is C16H15N3O6S. The van der Waals surface area contributed by atoms with E-state index in [1.54, 1.807) is 6.07 Å². The molecule has 0 fully saturated rings. The lowest BCUT2D eigenvalue weighted by molar-refractivity contribution is 0.0969. The molecule has 0 aliphatic carbocycles. The Morgan fingerprint density at radius 2 is 1.85 bits per heavy atom. The number of Topliss-reactive ketones (excluding diaryl/α,β-unsaturated/α-hetero) is 1. The van der Waals surface area contributed by atoms with Gasteiger partial charge in [0, 0.05) is 13.0 Å². The summed E-state index contributed by atoms with van der Waals surface area (Å²) in [6.45, 7) is 0.160. The molecule has 26 heavy (non-hydrogen) atoms. The second kappa shape index (κ2) is 6.71. The van der Waals surface area contributed by atoms with Crippen LogP contribution in [0.1, 0.15) is 40.4 Å². The summed E-state index contributed by atoms with van der Waals surface area (Å²) in [4.78, 5) is 40.2. The van der Waals surface area contributed by atoms with Gasteiger partial charge in [0.1, 0.15) is 4.90 Å². The van der Waals surface area contributed by atoms with Gasteiger partial charge >= 0.3 is 10.1 Å². The molecule has 0 unspecified atom stereocenters. The highest BCUT2D eigenvalue weighted by molar-refractivity contribution is 7.87. The van der Waals surface area contributed by atoms with E-state index in [2.05, 4.69) is 4.98 Å². The Balaban J connectivity index is 2.18. The third kappa shape index (κ3) is 3.23. The number of nitrogens with zero attached hydrogens (tertiary/aromatic N) is 2. The molecule has 0 bridgehead atoms. The molecule has 0 saturated heterocycles. The second-order valence-electron chi connectivity index (χ2n) is 5.66. The van der Waals surface area contributed by atoms with Crippen LogP contribution in [-0.2, 0) is 16.7 Å². The van der Waals surface area contributed by atoms with Crippen LogP contribution in [0, 0.1) is 0 Å². The summed E-state index contributed by atoms with van der Waals surface area (Å²) in [5, 5.41) is 0. The van der Waals surface area contributed by atoms with Crippen molar-refractivity contribution in [3.05, 3.63) is 52.2 Å². The lowest BCUT2D eigenvalue weighted by atomic mass is 10.2. The first-order valence-electron chi connectivity index (χ1n) is 7.78. The number of amides is 1. The van der Waals surface area contributed by atoms with Crippen LogP contribution >= 0.6 is 0 Å². The van der Waals surface area contributed by atoms with Crippen molar-refractivity contribution < 1.29 is 22.2 Å². The first-order chi connectivity index (χ1) is 12.3. The number of nitrogens with two attached hydrogens (primary N) is 1. The van der Waals surface area contributed by atoms with Crippen molar-refractivity contribution in [3.63, 3.8) is 0 Å². The van der Waals surface area contributed by atoms with Crippen molar-refractivity contribution in [2.24, 2.45) is 5.73 Å². The lowest BCUT2D eigenvalue weighted by Crippen LogP contribution is -2.33. The second-order valence-corrected chi connectivity index (χ2v) is 7.21. The maximum Gasteiger partial charge on any atom is 0.339 e. The molecule has 1 aliphatic rings. The van der Waals surface area contributed by atoms with Gasteiger partial charge in [0.05, 0.1) is 0 Å². The van der Waals surface area contributed by atoms with E-state index in [1.165, 1.54) is 24.3 Å². The number of ketones is 1. The molecule has 9 nitrogen and oxygen atoms in total. The van der Waals surface area contributed by atoms with Crippen molar-refractivity contribution >= 4 is 21.8 Å². The predicted molar refractivity (Wildman–Crippen MR) is 89.5 cm³/mol. The van der Waals surface area contributed by atoms with E-state index >= 15 is 0 Å². The Bertz CT molecular complexity index is 1040. The molecule has 0 atom stereocenters. The molecule has 3 rings (SSSR count). The lowest BCUT2D eigenvalue weighted by Gasteiger charge is -2.13. The number of hydrogen-bond acceptors (Lipinski definition) is 7. The van der Waals surface area contributed by atoms with Crippen LogP contribution in [0.3, 0.4) is 0 Å². The minimum absolute atomic E-state index is 0.160. The van der Waals surface area contributed by atoms with Crippen LogP contribution in [0.25, 0.3) is 0 Å². The molecule has 2 aromatic rings. The summed E-state index contributed by atoms with van der Waals surface area (Å²) in [5.74, 6) is -2.61. The monoisotopic (exact) mass is 377 g/mol. The number of primary amides is 1. The van der Waals surface area contributed by atoms with Crippen molar-refractivity contribution in [2.45, 2.75) is 30.7 Å². The molecule has 1 aliphatic heterocycles. The molecule has 0 saturated carbocycles. The van der Waals surface area contributed by atoms with E-state index in [4.69, 9.17) is 9.92 Å². The van der Waals surface area contributed by atoms with Gasteiger partial charge in [-0.05, 0) is 25.0 Å². The molecule has 1 aromatic heterocycles. The fourth-order valence-electron chi connectivity index (χ4n) is 2.61. The van der Waals surface area contributed by atoms with Crippen molar-refractivity contribution in [3.8, 4) is 5.75 Å². The van der Waals surface area contributed by atoms with E-state index in [0.29, 0.717) is 12.8 Å². The number of hydrogen-bond donors (Lipinski definition) is 1. The fourth-order valence-corrected chi connectivity index (χ4v) is 3.57. The van der Waals surface area contributed by atoms with E-state index in [1.807, 2.05) is 0 Å². The zero-order valence-electron chi connectivity index (χ0n) is 13.5. The zero-order valence-corrected chi connectivity index (χ0v) is 14.4. The minimum Gasteiger partial charge on any atom is -0.370 e. The van der Waals surface area contributed by atoms with Crippen LogP contribution in [-0.4, -0.2) is 29.7 Å². The summed E-state index contributed by atoms with van der Waals surface area (Å²) in [6.07, 6.45) is 1.25. The van der Waals surface area contributed by atoms with Crippen LogP contribution < -0.4 is 15.5 Å². The van der Waals surface area contributed by atoms with Gasteiger partial charge in [-0.2, -0.15) is 8.42 Å². The average molecular weight is 377 g/mol. The van der Waals surface area contributed by atoms with Crippen molar-refractivity contribution in [1.82, 2.24) is 9.55 Å². The summed E-state index contributed by atoms with van der Waals surface area (Å²) < 4.78 is 30.8. The van der Waals surface area contributed by atoms with Gasteiger partial charge in [0.2, 0.25) is 5.75 Å². The van der Waals surface area contributed by atoms with E-state index in [-0.39, 0.29) is 23.7 Å². The molecule has 10 heteroatoms. The predicted octanol–water partition coefficient (Wildman–Crippen LogP) is 0.476. The number of fused-ring (bicyclic) bond motifs is 1. The highest BCUT2D eigenvalue weighted by Crippen LogP contribution is 2.21. The Labute approximate surface area is 148 Å². The van der Waals surface area contributed by atoms with Crippen LogP contribution in [0.2, 0.25) is 0 Å². The first kappa shape index (κ1) is 17.8. The normalized spacial score (nSPS) is 14.4. The Morgan fingerprint density at radius 1 is 1.15 bits per heavy atom. The summed E-state index contributed by atoms with van der Waals surface area (Å²) >= 11 is 0. The SMILES string of the molecule is NC(=O)c1nc2n(c(=O)c1OS(=O)(=O)c1ccccc1)CCCCC2=O. The summed E-state index contributed by atoms with van der Waals surface area (Å²) in [5.41, 5.74) is 3.61. The quantitative estimate of drug-likeness (QED) is 0.764. The topological polar surface area (TPSA) is 138 Å². The van der Waals surface area contributed by atoms with E-state index in [0.717, 1.165) is 4.57 Å². The van der Waals surface area contributed by atoms with E-state index in [9.17, 15) is 22.8 Å². The van der Waals surface area contributed by atoms with Gasteiger partial charge in [-0.15, -0.1) is 0 Å². The van der Waals surface area contributed by atoms with Gasteiger partial charge in [0.15, 0.2) is 17.3 Å². The molecule has 0 spiro atoms. The third-order valence-corrected chi connectivity index (χ3v) is 5.11. The van der Waals surface area contributed by atoms with Gasteiger partial charge in [0.25, 0.3) is 11.5 Å². The molecule has 1 aromatic carbocycles. The number of benzene rings is 1. The standard InChI is InChI=1S/C16H15N3O6S/c17-14(21)12-13(25-26(23,24)10-6-2-1-3-7-10)16(22)19-9-5-4-8-11(20)15(19)18-12/h1-3,6-7H,4-5,8-9H2,(H2,17,21). The van der Waals surface area contributed by atoms with Crippen LogP contribution in [0.15, 0.2) is 40.0 Å². The Morgan fingerprint density at radius 3 is 2.50 bits per heavy atom. The molecule has 136 valence electrons. The number of carbonyl (C=O) groups excluding carboxylic acids is 2.